The molecule has 3 aromatic rings. The minimum absolute atomic E-state index is 0.0467. The maximum atomic E-state index is 13.0. The third-order valence-electron chi connectivity index (χ3n) is 4.70. The number of rotatable bonds is 7. The van der Waals surface area contributed by atoms with Crippen LogP contribution in [0, 0.1) is 13.8 Å². The van der Waals surface area contributed by atoms with E-state index >= 15 is 0 Å². The molecule has 3 rings (SSSR count). The van der Waals surface area contributed by atoms with E-state index in [1.807, 2.05) is 36.4 Å². The van der Waals surface area contributed by atoms with Crippen LogP contribution in [0.3, 0.4) is 0 Å². The van der Waals surface area contributed by atoms with Crippen molar-refractivity contribution in [2.75, 3.05) is 0 Å². The van der Waals surface area contributed by atoms with Gasteiger partial charge in [0.2, 0.25) is 5.91 Å². The second-order valence-corrected chi connectivity index (χ2v) is 6.53. The van der Waals surface area contributed by atoms with E-state index in [0.29, 0.717) is 13.1 Å². The van der Waals surface area contributed by atoms with Crippen LogP contribution in [0.5, 0.6) is 0 Å². The molecule has 0 aliphatic rings. The van der Waals surface area contributed by atoms with Crippen LogP contribution < -0.4 is 10.6 Å². The van der Waals surface area contributed by atoms with Gasteiger partial charge in [0.15, 0.2) is 0 Å². The summed E-state index contributed by atoms with van der Waals surface area (Å²) in [6, 6.07) is 13.3. The van der Waals surface area contributed by atoms with Gasteiger partial charge in [-0.05, 0) is 65.9 Å². The Morgan fingerprint density at radius 3 is 2.11 bits per heavy atom. The summed E-state index contributed by atoms with van der Waals surface area (Å²) in [5.41, 5.74) is 5.40. The van der Waals surface area contributed by atoms with Gasteiger partial charge in [0.1, 0.15) is 6.04 Å². The van der Waals surface area contributed by atoms with Crippen LogP contribution in [0.15, 0.2) is 67.3 Å². The number of carbonyl (C=O) groups is 1. The Kier molecular flexibility index (Phi) is 6.28. The lowest BCUT2D eigenvalue weighted by atomic mass is 9.96. The number of nitrogens with zero attached hydrogens (tertiary/aromatic N) is 2. The summed E-state index contributed by atoms with van der Waals surface area (Å²) in [6.07, 6.45) is 6.97. The number of amides is 1. The van der Waals surface area contributed by atoms with Crippen molar-refractivity contribution in [3.05, 3.63) is 95.1 Å². The standard InChI is InChI=1S/C22H24N4O/c1-16-4-3-5-20(17(16)2)21(25-14-18-6-10-23-11-7-18)22(27)26-15-19-8-12-24-13-9-19/h3-13,21,25H,14-15H2,1-2H3,(H,26,27). The largest absolute Gasteiger partial charge is 0.350 e. The van der Waals surface area contributed by atoms with E-state index in [4.69, 9.17) is 0 Å². The van der Waals surface area contributed by atoms with Crippen molar-refractivity contribution in [1.29, 1.82) is 0 Å². The number of benzene rings is 1. The summed E-state index contributed by atoms with van der Waals surface area (Å²) < 4.78 is 0. The molecule has 1 amide bonds. The fraction of sp³-hybridized carbons (Fsp3) is 0.227. The first kappa shape index (κ1) is 18.7. The molecule has 1 aromatic carbocycles. The smallest absolute Gasteiger partial charge is 0.242 e. The third kappa shape index (κ3) is 4.99. The van der Waals surface area contributed by atoms with Crippen LogP contribution in [0.2, 0.25) is 0 Å². The van der Waals surface area contributed by atoms with Crippen LogP contribution in [0.25, 0.3) is 0 Å². The van der Waals surface area contributed by atoms with Gasteiger partial charge in [-0.15, -0.1) is 0 Å². The predicted octanol–water partition coefficient (Wildman–Crippen LogP) is 3.24. The maximum Gasteiger partial charge on any atom is 0.242 e. The second-order valence-electron chi connectivity index (χ2n) is 6.53. The Morgan fingerprint density at radius 1 is 0.889 bits per heavy atom. The first-order chi connectivity index (χ1) is 13.1. The Labute approximate surface area is 159 Å². The quantitative estimate of drug-likeness (QED) is 0.679. The molecule has 27 heavy (non-hydrogen) atoms. The van der Waals surface area contributed by atoms with Crippen molar-refractivity contribution in [1.82, 2.24) is 20.6 Å². The fourth-order valence-corrected chi connectivity index (χ4v) is 2.94. The van der Waals surface area contributed by atoms with Crippen molar-refractivity contribution in [3.63, 3.8) is 0 Å². The highest BCUT2D eigenvalue weighted by atomic mass is 16.2. The lowest BCUT2D eigenvalue weighted by molar-refractivity contribution is -0.123. The normalized spacial score (nSPS) is 11.8. The van der Waals surface area contributed by atoms with Crippen LogP contribution in [0.1, 0.15) is 33.9 Å². The van der Waals surface area contributed by atoms with Crippen molar-refractivity contribution in [2.45, 2.75) is 33.0 Å². The van der Waals surface area contributed by atoms with Crippen LogP contribution >= 0.6 is 0 Å². The van der Waals surface area contributed by atoms with Gasteiger partial charge in [-0.3, -0.25) is 20.1 Å². The molecule has 5 heteroatoms. The molecule has 0 aliphatic heterocycles. The Hall–Kier alpha value is -3.05. The van der Waals surface area contributed by atoms with Crippen molar-refractivity contribution in [2.24, 2.45) is 0 Å². The summed E-state index contributed by atoms with van der Waals surface area (Å²) in [5.74, 6) is -0.0467. The zero-order chi connectivity index (χ0) is 19.1. The molecule has 0 fully saturated rings. The summed E-state index contributed by atoms with van der Waals surface area (Å²) in [6.45, 7) is 5.18. The number of aromatic nitrogens is 2. The van der Waals surface area contributed by atoms with Gasteiger partial charge in [-0.2, -0.15) is 0 Å². The molecular weight excluding hydrogens is 336 g/mol. The van der Waals surface area contributed by atoms with E-state index in [1.54, 1.807) is 24.8 Å². The van der Waals surface area contributed by atoms with Crippen LogP contribution in [-0.2, 0) is 17.9 Å². The SMILES string of the molecule is Cc1cccc(C(NCc2ccncc2)C(=O)NCc2ccncc2)c1C. The van der Waals surface area contributed by atoms with Crippen molar-refractivity contribution < 1.29 is 4.79 Å². The summed E-state index contributed by atoms with van der Waals surface area (Å²) in [4.78, 5) is 21.1. The number of carbonyl (C=O) groups excluding carboxylic acids is 1. The van der Waals surface area contributed by atoms with Gasteiger partial charge in [-0.1, -0.05) is 18.2 Å². The first-order valence-electron chi connectivity index (χ1n) is 9.00. The number of pyridine rings is 2. The molecule has 2 heterocycles. The van der Waals surface area contributed by atoms with Gasteiger partial charge in [0.25, 0.3) is 0 Å². The van der Waals surface area contributed by atoms with Gasteiger partial charge >= 0.3 is 0 Å². The lowest BCUT2D eigenvalue weighted by Crippen LogP contribution is -2.37. The monoisotopic (exact) mass is 360 g/mol. The number of hydrogen-bond donors (Lipinski definition) is 2. The highest BCUT2D eigenvalue weighted by Gasteiger charge is 2.22. The molecule has 1 atom stereocenters. The molecule has 0 aliphatic carbocycles. The Morgan fingerprint density at radius 2 is 1.48 bits per heavy atom. The molecule has 5 nitrogen and oxygen atoms in total. The summed E-state index contributed by atoms with van der Waals surface area (Å²) >= 11 is 0. The fourth-order valence-electron chi connectivity index (χ4n) is 2.94. The molecule has 0 radical (unpaired) electrons. The summed E-state index contributed by atoms with van der Waals surface area (Å²) in [5, 5.41) is 6.44. The van der Waals surface area contributed by atoms with Crippen LogP contribution in [0.4, 0.5) is 0 Å². The van der Waals surface area contributed by atoms with Crippen molar-refractivity contribution in [3.8, 4) is 0 Å². The molecule has 0 bridgehead atoms. The third-order valence-corrected chi connectivity index (χ3v) is 4.70. The van der Waals surface area contributed by atoms with Gasteiger partial charge in [0, 0.05) is 37.9 Å². The van der Waals surface area contributed by atoms with E-state index in [-0.39, 0.29) is 5.91 Å². The Balaban J connectivity index is 1.78. The number of aryl methyl sites for hydroxylation is 1. The van der Waals surface area contributed by atoms with Gasteiger partial charge in [0.05, 0.1) is 0 Å². The van der Waals surface area contributed by atoms with E-state index in [9.17, 15) is 4.79 Å². The number of hydrogen-bond acceptors (Lipinski definition) is 4. The van der Waals surface area contributed by atoms with E-state index in [2.05, 4.69) is 40.5 Å². The van der Waals surface area contributed by atoms with E-state index < -0.39 is 6.04 Å². The second kappa shape index (κ2) is 9.05. The minimum atomic E-state index is -0.431. The summed E-state index contributed by atoms with van der Waals surface area (Å²) in [7, 11) is 0. The molecule has 0 saturated heterocycles. The average Bonchev–Trinajstić information content (AvgIpc) is 2.71. The molecule has 1 unspecified atom stereocenters. The van der Waals surface area contributed by atoms with Gasteiger partial charge < -0.3 is 5.32 Å². The molecular formula is C22H24N4O. The van der Waals surface area contributed by atoms with E-state index in [1.165, 1.54) is 5.56 Å². The van der Waals surface area contributed by atoms with Crippen LogP contribution in [-0.4, -0.2) is 15.9 Å². The number of nitrogens with one attached hydrogen (secondary N) is 2. The minimum Gasteiger partial charge on any atom is -0.350 e. The molecule has 138 valence electrons. The molecule has 0 saturated carbocycles. The molecule has 2 aromatic heterocycles. The first-order valence-corrected chi connectivity index (χ1v) is 9.00. The zero-order valence-electron chi connectivity index (χ0n) is 15.6. The Bertz CT molecular complexity index is 881. The molecule has 0 spiro atoms. The maximum absolute atomic E-state index is 13.0. The topological polar surface area (TPSA) is 66.9 Å². The van der Waals surface area contributed by atoms with E-state index in [0.717, 1.165) is 22.3 Å². The molecule has 2 N–H and O–H groups in total. The van der Waals surface area contributed by atoms with Gasteiger partial charge in [-0.25, -0.2) is 0 Å². The average molecular weight is 360 g/mol. The lowest BCUT2D eigenvalue weighted by Gasteiger charge is -2.21. The van der Waals surface area contributed by atoms with Crippen molar-refractivity contribution >= 4 is 5.91 Å². The highest BCUT2D eigenvalue weighted by molar-refractivity contribution is 5.83. The zero-order valence-corrected chi connectivity index (χ0v) is 15.6. The highest BCUT2D eigenvalue weighted by Crippen LogP contribution is 2.21. The predicted molar refractivity (Wildman–Crippen MR) is 106 cm³/mol.